The lowest BCUT2D eigenvalue weighted by atomic mass is 10.3. The average molecular weight is 314 g/mol. The van der Waals surface area contributed by atoms with Crippen LogP contribution >= 0.6 is 35.2 Å². The maximum atomic E-state index is 13.6. The molecule has 2 heterocycles. The van der Waals surface area contributed by atoms with E-state index in [2.05, 4.69) is 9.97 Å². The van der Waals surface area contributed by atoms with Gasteiger partial charge in [-0.15, -0.1) is 11.3 Å². The van der Waals surface area contributed by atoms with Crippen molar-refractivity contribution in [3.05, 3.63) is 43.8 Å². The van der Waals surface area contributed by atoms with Crippen molar-refractivity contribution in [1.29, 1.82) is 0 Å². The molecule has 0 saturated carbocycles. The van der Waals surface area contributed by atoms with Crippen LogP contribution in [0.5, 0.6) is 0 Å². The summed E-state index contributed by atoms with van der Waals surface area (Å²) in [6, 6.07) is 2.94. The zero-order valence-corrected chi connectivity index (χ0v) is 12.3. The van der Waals surface area contributed by atoms with Gasteiger partial charge in [0.2, 0.25) is 0 Å². The van der Waals surface area contributed by atoms with Gasteiger partial charge < -0.3 is 9.55 Å². The van der Waals surface area contributed by atoms with Gasteiger partial charge in [-0.05, 0) is 25.2 Å². The summed E-state index contributed by atoms with van der Waals surface area (Å²) >= 11 is 12.6. The topological polar surface area (TPSA) is 33.6 Å². The van der Waals surface area contributed by atoms with Gasteiger partial charge in [0.1, 0.15) is 10.8 Å². The first-order valence-electron chi connectivity index (χ1n) is 5.53. The van der Waals surface area contributed by atoms with E-state index in [-0.39, 0.29) is 5.02 Å². The van der Waals surface area contributed by atoms with Gasteiger partial charge in [-0.2, -0.15) is 0 Å². The van der Waals surface area contributed by atoms with Crippen molar-refractivity contribution in [3.8, 4) is 0 Å². The van der Waals surface area contributed by atoms with Crippen LogP contribution in [0.4, 0.5) is 4.39 Å². The number of nitrogens with one attached hydrogen (secondary N) is 1. The Kier molecular flexibility index (Phi) is 3.16. The van der Waals surface area contributed by atoms with E-state index >= 15 is 0 Å². The molecule has 1 aromatic carbocycles. The molecule has 0 aliphatic heterocycles. The molecule has 19 heavy (non-hydrogen) atoms. The van der Waals surface area contributed by atoms with Crippen molar-refractivity contribution in [2.45, 2.75) is 13.5 Å². The summed E-state index contributed by atoms with van der Waals surface area (Å²) in [5.74, 6) is -0.452. The Morgan fingerprint density at radius 3 is 3.00 bits per heavy atom. The number of thiazole rings is 1. The largest absolute Gasteiger partial charge is 0.331 e. The highest BCUT2D eigenvalue weighted by Gasteiger charge is 2.10. The van der Waals surface area contributed by atoms with Crippen LogP contribution in [0.15, 0.2) is 17.5 Å². The highest BCUT2D eigenvalue weighted by atomic mass is 35.5. The summed E-state index contributed by atoms with van der Waals surface area (Å²) in [4.78, 5) is 7.42. The Labute approximate surface area is 122 Å². The number of nitrogens with zero attached hydrogens (tertiary/aromatic N) is 2. The van der Waals surface area contributed by atoms with Crippen LogP contribution < -0.4 is 0 Å². The van der Waals surface area contributed by atoms with E-state index in [0.29, 0.717) is 16.8 Å². The SMILES string of the molecule is Cc1csc(Cn2c(=S)[nH]c3cc(Cl)c(F)cc32)n1. The fourth-order valence-electron chi connectivity index (χ4n) is 1.92. The molecular formula is C12H9ClFN3S2. The van der Waals surface area contributed by atoms with Gasteiger partial charge in [0, 0.05) is 17.1 Å². The summed E-state index contributed by atoms with van der Waals surface area (Å²) in [7, 11) is 0. The summed E-state index contributed by atoms with van der Waals surface area (Å²) in [5.41, 5.74) is 2.39. The van der Waals surface area contributed by atoms with E-state index in [9.17, 15) is 4.39 Å². The minimum atomic E-state index is -0.452. The molecule has 0 aliphatic carbocycles. The van der Waals surface area contributed by atoms with Gasteiger partial charge in [-0.3, -0.25) is 0 Å². The molecule has 0 amide bonds. The Hall–Kier alpha value is -1.24. The molecule has 0 radical (unpaired) electrons. The first-order chi connectivity index (χ1) is 9.04. The zero-order valence-electron chi connectivity index (χ0n) is 9.91. The third-order valence-corrected chi connectivity index (χ3v) is 4.34. The smallest absolute Gasteiger partial charge is 0.178 e. The van der Waals surface area contributed by atoms with Gasteiger partial charge in [0.05, 0.1) is 22.6 Å². The van der Waals surface area contributed by atoms with Crippen molar-refractivity contribution in [1.82, 2.24) is 14.5 Å². The maximum absolute atomic E-state index is 13.6. The molecule has 0 atom stereocenters. The molecule has 0 saturated heterocycles. The lowest BCUT2D eigenvalue weighted by Gasteiger charge is -2.02. The molecule has 0 spiro atoms. The maximum Gasteiger partial charge on any atom is 0.178 e. The van der Waals surface area contributed by atoms with Crippen LogP contribution in [0.2, 0.25) is 5.02 Å². The minimum Gasteiger partial charge on any atom is -0.331 e. The molecule has 0 bridgehead atoms. The molecular weight excluding hydrogens is 305 g/mol. The van der Waals surface area contributed by atoms with Gasteiger partial charge in [-0.1, -0.05) is 11.6 Å². The second-order valence-electron chi connectivity index (χ2n) is 4.18. The van der Waals surface area contributed by atoms with Crippen molar-refractivity contribution < 1.29 is 4.39 Å². The van der Waals surface area contributed by atoms with E-state index in [4.69, 9.17) is 23.8 Å². The predicted octanol–water partition coefficient (Wildman–Crippen LogP) is 4.30. The average Bonchev–Trinajstić information content (AvgIpc) is 2.87. The number of rotatable bonds is 2. The predicted molar refractivity (Wildman–Crippen MR) is 78.0 cm³/mol. The first-order valence-corrected chi connectivity index (χ1v) is 7.20. The third kappa shape index (κ3) is 2.31. The van der Waals surface area contributed by atoms with Crippen molar-refractivity contribution in [2.24, 2.45) is 0 Å². The quantitative estimate of drug-likeness (QED) is 0.715. The highest BCUT2D eigenvalue weighted by Crippen LogP contribution is 2.24. The van der Waals surface area contributed by atoms with Crippen LogP contribution in [0, 0.1) is 17.5 Å². The first kappa shape index (κ1) is 12.8. The van der Waals surface area contributed by atoms with Gasteiger partial charge in [0.15, 0.2) is 4.77 Å². The normalized spacial score (nSPS) is 11.3. The van der Waals surface area contributed by atoms with E-state index in [1.54, 1.807) is 17.4 Å². The Morgan fingerprint density at radius 1 is 1.53 bits per heavy atom. The molecule has 3 nitrogen and oxygen atoms in total. The molecule has 3 rings (SSSR count). The molecule has 0 unspecified atom stereocenters. The number of aromatic nitrogens is 3. The Balaban J connectivity index is 2.15. The fourth-order valence-corrected chi connectivity index (χ4v) is 3.12. The van der Waals surface area contributed by atoms with Crippen LogP contribution in [0.3, 0.4) is 0 Å². The van der Waals surface area contributed by atoms with Crippen molar-refractivity contribution >= 4 is 46.2 Å². The minimum absolute atomic E-state index is 0.0843. The van der Waals surface area contributed by atoms with Crippen LogP contribution in [0.1, 0.15) is 10.7 Å². The second-order valence-corrected chi connectivity index (χ2v) is 5.92. The molecule has 3 aromatic rings. The lowest BCUT2D eigenvalue weighted by Crippen LogP contribution is -1.99. The van der Waals surface area contributed by atoms with Gasteiger partial charge in [0.25, 0.3) is 0 Å². The van der Waals surface area contributed by atoms with E-state index in [0.717, 1.165) is 16.2 Å². The Bertz CT molecular complexity index is 818. The van der Waals surface area contributed by atoms with Crippen LogP contribution in [0.25, 0.3) is 11.0 Å². The fraction of sp³-hybridized carbons (Fsp3) is 0.167. The molecule has 98 valence electrons. The van der Waals surface area contributed by atoms with E-state index < -0.39 is 5.82 Å². The second kappa shape index (κ2) is 4.70. The number of halogens is 2. The van der Waals surface area contributed by atoms with Crippen LogP contribution in [-0.2, 0) is 6.54 Å². The van der Waals surface area contributed by atoms with Crippen molar-refractivity contribution in [3.63, 3.8) is 0 Å². The number of benzene rings is 1. The highest BCUT2D eigenvalue weighted by molar-refractivity contribution is 7.71. The van der Waals surface area contributed by atoms with E-state index in [1.165, 1.54) is 6.07 Å². The number of H-pyrrole nitrogens is 1. The summed E-state index contributed by atoms with van der Waals surface area (Å²) < 4.78 is 15.9. The van der Waals surface area contributed by atoms with Gasteiger partial charge >= 0.3 is 0 Å². The monoisotopic (exact) mass is 313 g/mol. The van der Waals surface area contributed by atoms with E-state index in [1.807, 2.05) is 16.9 Å². The van der Waals surface area contributed by atoms with Gasteiger partial charge in [-0.25, -0.2) is 9.37 Å². The number of hydrogen-bond donors (Lipinski definition) is 1. The standard InChI is InChI=1S/C12H9ClFN3S2/c1-6-5-19-11(15-6)4-17-10-3-8(14)7(13)2-9(10)16-12(17)18/h2-3,5H,4H2,1H3,(H,16,18). The number of aryl methyl sites for hydroxylation is 1. The number of aromatic amines is 1. The van der Waals surface area contributed by atoms with Crippen molar-refractivity contribution in [2.75, 3.05) is 0 Å². The molecule has 0 aliphatic rings. The number of fused-ring (bicyclic) bond motifs is 1. The summed E-state index contributed by atoms with van der Waals surface area (Å²) in [5, 5.41) is 3.00. The Morgan fingerprint density at radius 2 is 2.32 bits per heavy atom. The molecule has 7 heteroatoms. The molecule has 2 aromatic heterocycles. The molecule has 0 fully saturated rings. The summed E-state index contributed by atoms with van der Waals surface area (Å²) in [6.07, 6.45) is 0. The molecule has 1 N–H and O–H groups in total. The number of imidazole rings is 1. The number of hydrogen-bond acceptors (Lipinski definition) is 3. The van der Waals surface area contributed by atoms with Crippen LogP contribution in [-0.4, -0.2) is 14.5 Å². The summed E-state index contributed by atoms with van der Waals surface area (Å²) in [6.45, 7) is 2.46. The third-order valence-electron chi connectivity index (χ3n) is 2.78. The lowest BCUT2D eigenvalue weighted by molar-refractivity contribution is 0.628. The zero-order chi connectivity index (χ0) is 13.6.